The molecule has 5 nitrogen and oxygen atoms in total. The standard InChI is InChI=1S/C13H25N3O2/c1-3-8-16(10-12(17)14-2)13(18)9-11-4-6-15-7-5-11/h11,15H,3-10H2,1-2H3,(H,14,17). The van der Waals surface area contributed by atoms with Crippen LogP contribution in [0.25, 0.3) is 0 Å². The van der Waals surface area contributed by atoms with Crippen LogP contribution in [-0.2, 0) is 9.59 Å². The molecular weight excluding hydrogens is 230 g/mol. The van der Waals surface area contributed by atoms with Crippen LogP contribution in [0.2, 0.25) is 0 Å². The van der Waals surface area contributed by atoms with Gasteiger partial charge in [-0.1, -0.05) is 6.92 Å². The molecule has 1 saturated heterocycles. The molecule has 0 aromatic carbocycles. The SMILES string of the molecule is CCCN(CC(=O)NC)C(=O)CC1CCNCC1. The van der Waals surface area contributed by atoms with E-state index in [1.165, 1.54) is 0 Å². The van der Waals surface area contributed by atoms with E-state index in [0.29, 0.717) is 18.9 Å². The molecule has 1 aliphatic rings. The second-order valence-electron chi connectivity index (χ2n) is 4.89. The predicted molar refractivity (Wildman–Crippen MR) is 71.1 cm³/mol. The van der Waals surface area contributed by atoms with Crippen molar-refractivity contribution < 1.29 is 9.59 Å². The summed E-state index contributed by atoms with van der Waals surface area (Å²) < 4.78 is 0. The molecule has 0 aromatic rings. The summed E-state index contributed by atoms with van der Waals surface area (Å²) in [6, 6.07) is 0. The highest BCUT2D eigenvalue weighted by molar-refractivity contribution is 5.84. The summed E-state index contributed by atoms with van der Waals surface area (Å²) in [5.74, 6) is 0.497. The lowest BCUT2D eigenvalue weighted by atomic mass is 9.94. The van der Waals surface area contributed by atoms with E-state index in [9.17, 15) is 9.59 Å². The number of likely N-dealkylation sites (N-methyl/N-ethyl adjacent to an activating group) is 1. The van der Waals surface area contributed by atoms with Crippen molar-refractivity contribution in [1.29, 1.82) is 0 Å². The van der Waals surface area contributed by atoms with Gasteiger partial charge in [-0.3, -0.25) is 9.59 Å². The van der Waals surface area contributed by atoms with Crippen molar-refractivity contribution in [1.82, 2.24) is 15.5 Å². The topological polar surface area (TPSA) is 61.4 Å². The van der Waals surface area contributed by atoms with E-state index in [4.69, 9.17) is 0 Å². The highest BCUT2D eigenvalue weighted by atomic mass is 16.2. The summed E-state index contributed by atoms with van der Waals surface area (Å²) in [5.41, 5.74) is 0. The highest BCUT2D eigenvalue weighted by Gasteiger charge is 2.21. The van der Waals surface area contributed by atoms with E-state index in [1.54, 1.807) is 11.9 Å². The Morgan fingerprint density at radius 1 is 1.33 bits per heavy atom. The predicted octanol–water partition coefficient (Wildman–Crippen LogP) is 0.361. The van der Waals surface area contributed by atoms with Crippen LogP contribution in [0, 0.1) is 5.92 Å². The van der Waals surface area contributed by atoms with Crippen molar-refractivity contribution in [2.24, 2.45) is 5.92 Å². The van der Waals surface area contributed by atoms with Crippen molar-refractivity contribution in [3.8, 4) is 0 Å². The molecule has 5 heteroatoms. The van der Waals surface area contributed by atoms with Gasteiger partial charge < -0.3 is 15.5 Å². The summed E-state index contributed by atoms with van der Waals surface area (Å²) in [6.07, 6.45) is 3.59. The molecule has 1 rings (SSSR count). The molecule has 1 fully saturated rings. The number of amides is 2. The summed E-state index contributed by atoms with van der Waals surface area (Å²) in [5, 5.41) is 5.86. The van der Waals surface area contributed by atoms with Crippen LogP contribution in [-0.4, -0.2) is 49.9 Å². The van der Waals surface area contributed by atoms with Crippen LogP contribution < -0.4 is 10.6 Å². The molecule has 0 aliphatic carbocycles. The largest absolute Gasteiger partial charge is 0.358 e. The Bertz CT molecular complexity index is 275. The second kappa shape index (κ2) is 8.08. The minimum atomic E-state index is -0.0953. The van der Waals surface area contributed by atoms with E-state index in [2.05, 4.69) is 10.6 Å². The van der Waals surface area contributed by atoms with Crippen LogP contribution in [0.3, 0.4) is 0 Å². The normalized spacial score (nSPS) is 16.3. The molecule has 1 heterocycles. The van der Waals surface area contributed by atoms with Crippen molar-refractivity contribution in [3.05, 3.63) is 0 Å². The quantitative estimate of drug-likeness (QED) is 0.720. The van der Waals surface area contributed by atoms with Gasteiger partial charge in [0.15, 0.2) is 0 Å². The van der Waals surface area contributed by atoms with Crippen LogP contribution in [0.4, 0.5) is 0 Å². The Hall–Kier alpha value is -1.10. The first kappa shape index (κ1) is 15.0. The Balaban J connectivity index is 2.44. The van der Waals surface area contributed by atoms with Crippen molar-refractivity contribution >= 4 is 11.8 Å². The van der Waals surface area contributed by atoms with Gasteiger partial charge in [-0.2, -0.15) is 0 Å². The zero-order chi connectivity index (χ0) is 13.4. The summed E-state index contributed by atoms with van der Waals surface area (Å²) in [6.45, 7) is 4.88. The zero-order valence-corrected chi connectivity index (χ0v) is 11.5. The molecule has 0 radical (unpaired) electrons. The molecule has 2 N–H and O–H groups in total. The number of carbonyl (C=O) groups is 2. The van der Waals surface area contributed by atoms with Gasteiger partial charge in [-0.25, -0.2) is 0 Å². The summed E-state index contributed by atoms with van der Waals surface area (Å²) in [7, 11) is 1.60. The molecule has 0 saturated carbocycles. The lowest BCUT2D eigenvalue weighted by molar-refractivity contribution is -0.136. The Labute approximate surface area is 109 Å². The van der Waals surface area contributed by atoms with Crippen molar-refractivity contribution in [2.75, 3.05) is 33.2 Å². The van der Waals surface area contributed by atoms with Gasteiger partial charge in [0.1, 0.15) is 0 Å². The van der Waals surface area contributed by atoms with E-state index >= 15 is 0 Å². The first-order chi connectivity index (χ1) is 8.67. The lowest BCUT2D eigenvalue weighted by Gasteiger charge is -2.26. The molecule has 1 aliphatic heterocycles. The number of hydrogen-bond donors (Lipinski definition) is 2. The second-order valence-corrected chi connectivity index (χ2v) is 4.89. The van der Waals surface area contributed by atoms with Crippen LogP contribution in [0.5, 0.6) is 0 Å². The third kappa shape index (κ3) is 5.04. The van der Waals surface area contributed by atoms with Crippen molar-refractivity contribution in [2.45, 2.75) is 32.6 Å². The molecule has 0 unspecified atom stereocenters. The molecule has 0 aromatic heterocycles. The van der Waals surface area contributed by atoms with E-state index in [1.807, 2.05) is 6.92 Å². The van der Waals surface area contributed by atoms with Gasteiger partial charge in [-0.05, 0) is 38.3 Å². The maximum absolute atomic E-state index is 12.2. The van der Waals surface area contributed by atoms with Gasteiger partial charge >= 0.3 is 0 Å². The Morgan fingerprint density at radius 2 is 2.00 bits per heavy atom. The lowest BCUT2D eigenvalue weighted by Crippen LogP contribution is -2.41. The maximum Gasteiger partial charge on any atom is 0.239 e. The number of piperidine rings is 1. The van der Waals surface area contributed by atoms with Crippen LogP contribution in [0.15, 0.2) is 0 Å². The minimum absolute atomic E-state index is 0.0953. The fraction of sp³-hybridized carbons (Fsp3) is 0.846. The average molecular weight is 255 g/mol. The monoisotopic (exact) mass is 255 g/mol. The van der Waals surface area contributed by atoms with Crippen molar-refractivity contribution in [3.63, 3.8) is 0 Å². The van der Waals surface area contributed by atoms with Gasteiger partial charge in [-0.15, -0.1) is 0 Å². The van der Waals surface area contributed by atoms with Crippen LogP contribution in [0.1, 0.15) is 32.6 Å². The number of rotatable bonds is 6. The summed E-state index contributed by atoms with van der Waals surface area (Å²) >= 11 is 0. The fourth-order valence-corrected chi connectivity index (χ4v) is 2.28. The number of carbonyl (C=O) groups excluding carboxylic acids is 2. The van der Waals surface area contributed by atoms with Crippen LogP contribution >= 0.6 is 0 Å². The Morgan fingerprint density at radius 3 is 2.56 bits per heavy atom. The highest BCUT2D eigenvalue weighted by Crippen LogP contribution is 2.17. The minimum Gasteiger partial charge on any atom is -0.358 e. The maximum atomic E-state index is 12.2. The smallest absolute Gasteiger partial charge is 0.239 e. The first-order valence-electron chi connectivity index (χ1n) is 6.86. The van der Waals surface area contributed by atoms with Gasteiger partial charge in [0, 0.05) is 20.0 Å². The third-order valence-electron chi connectivity index (χ3n) is 3.38. The number of nitrogens with zero attached hydrogens (tertiary/aromatic N) is 1. The van der Waals surface area contributed by atoms with E-state index in [-0.39, 0.29) is 18.4 Å². The van der Waals surface area contributed by atoms with Gasteiger partial charge in [0.25, 0.3) is 0 Å². The average Bonchev–Trinajstić information content (AvgIpc) is 2.39. The molecule has 0 bridgehead atoms. The summed E-state index contributed by atoms with van der Waals surface area (Å²) in [4.78, 5) is 25.2. The molecule has 18 heavy (non-hydrogen) atoms. The number of nitrogens with one attached hydrogen (secondary N) is 2. The third-order valence-corrected chi connectivity index (χ3v) is 3.38. The molecule has 0 spiro atoms. The zero-order valence-electron chi connectivity index (χ0n) is 11.5. The molecule has 2 amide bonds. The van der Waals surface area contributed by atoms with E-state index in [0.717, 1.165) is 32.4 Å². The molecule has 0 atom stereocenters. The van der Waals surface area contributed by atoms with E-state index < -0.39 is 0 Å². The molecular formula is C13H25N3O2. The Kier molecular flexibility index (Phi) is 6.72. The first-order valence-corrected chi connectivity index (χ1v) is 6.86. The fourth-order valence-electron chi connectivity index (χ4n) is 2.28. The molecule has 104 valence electrons. The van der Waals surface area contributed by atoms with Gasteiger partial charge in [0.2, 0.25) is 11.8 Å². The van der Waals surface area contributed by atoms with Gasteiger partial charge in [0.05, 0.1) is 6.54 Å². The number of hydrogen-bond acceptors (Lipinski definition) is 3.